The molecule has 1 aliphatic rings. The normalized spacial score (nSPS) is 22.6. The van der Waals surface area contributed by atoms with Crippen LogP contribution < -0.4 is 5.32 Å². The highest BCUT2D eigenvalue weighted by atomic mass is 35.5. The van der Waals surface area contributed by atoms with Crippen LogP contribution in [-0.4, -0.2) is 49.5 Å². The highest BCUT2D eigenvalue weighted by Gasteiger charge is 2.34. The fourth-order valence-electron chi connectivity index (χ4n) is 2.72. The number of nitrogens with one attached hydrogen (secondary N) is 1. The number of benzene rings is 1. The molecule has 1 fully saturated rings. The Hall–Kier alpha value is -1.15. The fraction of sp³-hybridized carbons (Fsp3) is 0.588. The Morgan fingerprint density at radius 2 is 1.80 bits per heavy atom. The molecule has 0 aromatic heterocycles. The fourth-order valence-corrected chi connectivity index (χ4v) is 4.81. The summed E-state index contributed by atoms with van der Waals surface area (Å²) in [6.45, 7) is 9.72. The Morgan fingerprint density at radius 3 is 2.32 bits per heavy atom. The average molecular weight is 389 g/mol. The molecule has 140 valence electrons. The third kappa shape index (κ3) is 4.94. The van der Waals surface area contributed by atoms with Gasteiger partial charge in [0, 0.05) is 24.2 Å². The number of nitrogens with zero attached hydrogens (tertiary/aromatic N) is 1. The van der Waals surface area contributed by atoms with Gasteiger partial charge in [-0.15, -0.1) is 0 Å². The lowest BCUT2D eigenvalue weighted by atomic mass is 10.1. The lowest BCUT2D eigenvalue weighted by molar-refractivity contribution is -0.0440. The van der Waals surface area contributed by atoms with Gasteiger partial charge in [0.05, 0.1) is 17.2 Å². The first-order valence-corrected chi connectivity index (χ1v) is 9.99. The van der Waals surface area contributed by atoms with Crippen molar-refractivity contribution in [3.8, 4) is 0 Å². The molecule has 1 saturated heterocycles. The van der Waals surface area contributed by atoms with E-state index in [9.17, 15) is 13.2 Å². The summed E-state index contributed by atoms with van der Waals surface area (Å²) in [7, 11) is -3.82. The molecule has 6 nitrogen and oxygen atoms in total. The maximum absolute atomic E-state index is 13.0. The predicted molar refractivity (Wildman–Crippen MR) is 97.4 cm³/mol. The summed E-state index contributed by atoms with van der Waals surface area (Å²) in [5, 5.41) is 2.91. The highest BCUT2D eigenvalue weighted by Crippen LogP contribution is 2.28. The number of rotatable bonds is 3. The van der Waals surface area contributed by atoms with Crippen molar-refractivity contribution in [3.63, 3.8) is 0 Å². The van der Waals surface area contributed by atoms with Crippen molar-refractivity contribution in [2.24, 2.45) is 0 Å². The molecular weight excluding hydrogens is 364 g/mol. The van der Waals surface area contributed by atoms with Gasteiger partial charge in [0.2, 0.25) is 10.0 Å². The van der Waals surface area contributed by atoms with Crippen molar-refractivity contribution >= 4 is 27.5 Å². The summed E-state index contributed by atoms with van der Waals surface area (Å²) in [5.41, 5.74) is -0.169. The molecule has 2 atom stereocenters. The second-order valence-corrected chi connectivity index (χ2v) is 9.74. The number of carbonyl (C=O) groups excluding carboxylic acids is 1. The molecule has 1 N–H and O–H groups in total. The molecule has 1 aromatic carbocycles. The number of ether oxygens (including phenoxy) is 1. The number of hydrogen-bond acceptors (Lipinski definition) is 4. The van der Waals surface area contributed by atoms with Gasteiger partial charge in [-0.2, -0.15) is 4.31 Å². The molecule has 0 bridgehead atoms. The quantitative estimate of drug-likeness (QED) is 0.863. The molecule has 0 saturated carbocycles. The monoisotopic (exact) mass is 388 g/mol. The van der Waals surface area contributed by atoms with Gasteiger partial charge in [-0.25, -0.2) is 8.42 Å². The zero-order valence-electron chi connectivity index (χ0n) is 15.2. The Morgan fingerprint density at radius 1 is 1.24 bits per heavy atom. The van der Waals surface area contributed by atoms with E-state index < -0.39 is 15.6 Å². The van der Waals surface area contributed by atoms with Crippen LogP contribution in [-0.2, 0) is 14.8 Å². The van der Waals surface area contributed by atoms with Crippen LogP contribution in [0.25, 0.3) is 0 Å². The van der Waals surface area contributed by atoms with E-state index in [1.54, 1.807) is 0 Å². The molecule has 1 amide bonds. The molecule has 1 aromatic rings. The molecule has 0 radical (unpaired) electrons. The number of hydrogen-bond donors (Lipinski definition) is 1. The minimum atomic E-state index is -3.82. The Balaban J connectivity index is 2.37. The molecule has 0 aliphatic carbocycles. The topological polar surface area (TPSA) is 75.7 Å². The predicted octanol–water partition coefficient (Wildman–Crippen LogP) is 2.67. The van der Waals surface area contributed by atoms with Crippen LogP contribution in [0.4, 0.5) is 0 Å². The van der Waals surface area contributed by atoms with Gasteiger partial charge in [0.25, 0.3) is 5.91 Å². The van der Waals surface area contributed by atoms with Crippen molar-refractivity contribution < 1.29 is 17.9 Å². The molecular formula is C17H25ClN2O4S. The summed E-state index contributed by atoms with van der Waals surface area (Å²) in [6.07, 6.45) is -0.408. The number of sulfonamides is 1. The van der Waals surface area contributed by atoms with E-state index in [0.717, 1.165) is 0 Å². The third-order valence-electron chi connectivity index (χ3n) is 3.69. The van der Waals surface area contributed by atoms with Gasteiger partial charge in [0.1, 0.15) is 4.90 Å². The molecule has 1 heterocycles. The summed E-state index contributed by atoms with van der Waals surface area (Å²) in [5.74, 6) is -0.343. The maximum Gasteiger partial charge on any atom is 0.251 e. The third-order valence-corrected chi connectivity index (χ3v) is 6.00. The average Bonchev–Trinajstić information content (AvgIpc) is 2.44. The molecule has 1 aliphatic heterocycles. The van der Waals surface area contributed by atoms with Crippen molar-refractivity contribution in [3.05, 3.63) is 28.8 Å². The van der Waals surface area contributed by atoms with Crippen LogP contribution >= 0.6 is 11.6 Å². The van der Waals surface area contributed by atoms with Crippen LogP contribution in [0.1, 0.15) is 45.0 Å². The second kappa shape index (κ2) is 7.23. The lowest BCUT2D eigenvalue weighted by Crippen LogP contribution is -2.48. The maximum atomic E-state index is 13.0. The minimum absolute atomic E-state index is 0.0583. The first-order chi connectivity index (χ1) is 11.4. The van der Waals surface area contributed by atoms with E-state index in [1.807, 2.05) is 34.6 Å². The lowest BCUT2D eigenvalue weighted by Gasteiger charge is -2.34. The van der Waals surface area contributed by atoms with Crippen LogP contribution in [0.2, 0.25) is 5.02 Å². The van der Waals surface area contributed by atoms with E-state index in [0.29, 0.717) is 0 Å². The van der Waals surface area contributed by atoms with Gasteiger partial charge in [0.15, 0.2) is 0 Å². The van der Waals surface area contributed by atoms with Crippen LogP contribution in [0.3, 0.4) is 0 Å². The van der Waals surface area contributed by atoms with E-state index in [1.165, 1.54) is 22.5 Å². The van der Waals surface area contributed by atoms with Crippen molar-refractivity contribution in [2.75, 3.05) is 13.1 Å². The standard InChI is InChI=1S/C17H25ClN2O4S/c1-11-9-20(10-12(2)24-11)25(22,23)15-8-13(6-7-14(15)18)16(21)19-17(3,4)5/h6-8,11-12H,9-10H2,1-5H3,(H,19,21). The summed E-state index contributed by atoms with van der Waals surface area (Å²) >= 11 is 6.14. The van der Waals surface area contributed by atoms with Gasteiger partial charge >= 0.3 is 0 Å². The number of halogens is 1. The van der Waals surface area contributed by atoms with Crippen molar-refractivity contribution in [1.82, 2.24) is 9.62 Å². The van der Waals surface area contributed by atoms with Crippen molar-refractivity contribution in [2.45, 2.75) is 57.3 Å². The molecule has 0 spiro atoms. The summed E-state index contributed by atoms with van der Waals surface area (Å²) in [4.78, 5) is 12.3. The zero-order chi connectivity index (χ0) is 19.0. The van der Waals surface area contributed by atoms with Gasteiger partial charge in [-0.1, -0.05) is 11.6 Å². The van der Waals surface area contributed by atoms with Crippen LogP contribution in [0.5, 0.6) is 0 Å². The van der Waals surface area contributed by atoms with E-state index >= 15 is 0 Å². The first kappa shape index (κ1) is 20.2. The summed E-state index contributed by atoms with van der Waals surface area (Å²) in [6, 6.07) is 4.30. The summed E-state index contributed by atoms with van der Waals surface area (Å²) < 4.78 is 33.0. The van der Waals surface area contributed by atoms with Gasteiger partial charge < -0.3 is 10.1 Å². The van der Waals surface area contributed by atoms with Gasteiger partial charge in [-0.3, -0.25) is 4.79 Å². The van der Waals surface area contributed by atoms with Crippen molar-refractivity contribution in [1.29, 1.82) is 0 Å². The Labute approximate surface area is 154 Å². The molecule has 25 heavy (non-hydrogen) atoms. The van der Waals surface area contributed by atoms with Gasteiger partial charge in [-0.05, 0) is 52.8 Å². The number of carbonyl (C=O) groups is 1. The van der Waals surface area contributed by atoms with E-state index in [2.05, 4.69) is 5.32 Å². The molecule has 2 rings (SSSR count). The zero-order valence-corrected chi connectivity index (χ0v) is 16.7. The Kier molecular flexibility index (Phi) is 5.83. The molecule has 8 heteroatoms. The number of amides is 1. The smallest absolute Gasteiger partial charge is 0.251 e. The Bertz CT molecular complexity index is 748. The largest absolute Gasteiger partial charge is 0.373 e. The first-order valence-electron chi connectivity index (χ1n) is 8.18. The van der Waals surface area contributed by atoms with E-state index in [-0.39, 0.29) is 46.7 Å². The van der Waals surface area contributed by atoms with E-state index in [4.69, 9.17) is 16.3 Å². The highest BCUT2D eigenvalue weighted by molar-refractivity contribution is 7.89. The number of morpholine rings is 1. The van der Waals surface area contributed by atoms with Crippen LogP contribution in [0, 0.1) is 0 Å². The molecule has 2 unspecified atom stereocenters. The van der Waals surface area contributed by atoms with Crippen LogP contribution in [0.15, 0.2) is 23.1 Å². The SMILES string of the molecule is CC1CN(S(=O)(=O)c2cc(C(=O)NC(C)(C)C)ccc2Cl)CC(C)O1. The second-order valence-electron chi connectivity index (χ2n) is 7.43. The minimum Gasteiger partial charge on any atom is -0.373 e.